The molecule has 1 amide bonds. The molecular formula is C23H29N3OS. The minimum Gasteiger partial charge on any atom is -0.354 e. The summed E-state index contributed by atoms with van der Waals surface area (Å²) in [4.78, 5) is 17.3. The van der Waals surface area contributed by atoms with Crippen molar-refractivity contribution in [1.82, 2.24) is 10.2 Å². The summed E-state index contributed by atoms with van der Waals surface area (Å²) in [6, 6.07) is 12.4. The Morgan fingerprint density at radius 1 is 1.14 bits per heavy atom. The molecule has 0 aromatic heterocycles. The summed E-state index contributed by atoms with van der Waals surface area (Å²) in [5, 5.41) is 6.57. The monoisotopic (exact) mass is 395 g/mol. The van der Waals surface area contributed by atoms with E-state index in [1.807, 2.05) is 25.1 Å². The molecule has 2 aromatic carbocycles. The van der Waals surface area contributed by atoms with Crippen LogP contribution in [0.3, 0.4) is 0 Å². The van der Waals surface area contributed by atoms with E-state index in [1.54, 1.807) is 11.8 Å². The van der Waals surface area contributed by atoms with Gasteiger partial charge in [-0.05, 0) is 57.3 Å². The molecule has 3 rings (SSSR count). The van der Waals surface area contributed by atoms with Crippen LogP contribution in [0.4, 0.5) is 5.69 Å². The lowest BCUT2D eigenvalue weighted by Gasteiger charge is -2.18. The molecular weight excluding hydrogens is 366 g/mol. The average molecular weight is 396 g/mol. The molecule has 0 aliphatic carbocycles. The van der Waals surface area contributed by atoms with E-state index in [0.29, 0.717) is 12.1 Å². The summed E-state index contributed by atoms with van der Waals surface area (Å²) in [6.07, 6.45) is 2.09. The van der Waals surface area contributed by atoms with Gasteiger partial charge in [0.25, 0.3) is 5.91 Å². The third-order valence-electron chi connectivity index (χ3n) is 5.05. The SMILES string of the molecule is CC=C1Nc2cc(C(=O)NCCN(CC)CC)ccc2Sc2ccc(C)cc21. The number of hydrogen-bond acceptors (Lipinski definition) is 4. The molecule has 0 fully saturated rings. The molecule has 5 heteroatoms. The number of likely N-dealkylation sites (N-methyl/N-ethyl adjacent to an activating group) is 1. The lowest BCUT2D eigenvalue weighted by Crippen LogP contribution is -2.34. The fraction of sp³-hybridized carbons (Fsp3) is 0.348. The number of carbonyl (C=O) groups is 1. The van der Waals surface area contributed by atoms with Crippen molar-refractivity contribution in [3.63, 3.8) is 0 Å². The molecule has 2 N–H and O–H groups in total. The van der Waals surface area contributed by atoms with Crippen molar-refractivity contribution < 1.29 is 4.79 Å². The van der Waals surface area contributed by atoms with Gasteiger partial charge in [0.05, 0.1) is 5.69 Å². The Hall–Kier alpha value is -2.24. The van der Waals surface area contributed by atoms with Gasteiger partial charge in [0.2, 0.25) is 0 Å². The Bertz CT molecular complexity index is 887. The minimum atomic E-state index is -0.0265. The zero-order valence-corrected chi connectivity index (χ0v) is 18.0. The van der Waals surface area contributed by atoms with Gasteiger partial charge in [0.15, 0.2) is 0 Å². The van der Waals surface area contributed by atoms with E-state index in [4.69, 9.17) is 0 Å². The molecule has 0 radical (unpaired) electrons. The third kappa shape index (κ3) is 4.59. The fourth-order valence-electron chi connectivity index (χ4n) is 3.33. The number of benzene rings is 2. The van der Waals surface area contributed by atoms with Gasteiger partial charge in [0, 0.05) is 39.7 Å². The molecule has 0 atom stereocenters. The topological polar surface area (TPSA) is 44.4 Å². The Balaban J connectivity index is 1.78. The smallest absolute Gasteiger partial charge is 0.251 e. The summed E-state index contributed by atoms with van der Waals surface area (Å²) in [5.41, 5.74) is 5.17. The molecule has 1 aliphatic rings. The van der Waals surface area contributed by atoms with E-state index in [1.165, 1.54) is 16.0 Å². The van der Waals surface area contributed by atoms with E-state index < -0.39 is 0 Å². The number of aryl methyl sites for hydroxylation is 1. The Labute approximate surface area is 172 Å². The molecule has 0 saturated carbocycles. The van der Waals surface area contributed by atoms with E-state index >= 15 is 0 Å². The fourth-order valence-corrected chi connectivity index (χ4v) is 4.34. The van der Waals surface area contributed by atoms with Crippen LogP contribution in [-0.4, -0.2) is 37.0 Å². The Kier molecular flexibility index (Phi) is 6.81. The molecule has 1 heterocycles. The lowest BCUT2D eigenvalue weighted by atomic mass is 10.1. The maximum atomic E-state index is 12.6. The van der Waals surface area contributed by atoms with Gasteiger partial charge < -0.3 is 15.5 Å². The highest BCUT2D eigenvalue weighted by atomic mass is 32.2. The van der Waals surface area contributed by atoms with Gasteiger partial charge in [-0.1, -0.05) is 43.3 Å². The highest BCUT2D eigenvalue weighted by Gasteiger charge is 2.18. The number of allylic oxidation sites excluding steroid dienone is 1. The second kappa shape index (κ2) is 9.30. The number of hydrogen-bond donors (Lipinski definition) is 2. The first kappa shape index (κ1) is 20.5. The lowest BCUT2D eigenvalue weighted by molar-refractivity contribution is 0.0949. The average Bonchev–Trinajstić information content (AvgIpc) is 2.86. The first-order valence-corrected chi connectivity index (χ1v) is 10.7. The highest BCUT2D eigenvalue weighted by molar-refractivity contribution is 7.99. The largest absolute Gasteiger partial charge is 0.354 e. The van der Waals surface area contributed by atoms with Gasteiger partial charge in [0.1, 0.15) is 0 Å². The van der Waals surface area contributed by atoms with Crippen molar-refractivity contribution in [2.45, 2.75) is 37.5 Å². The van der Waals surface area contributed by atoms with Crippen molar-refractivity contribution in [3.05, 3.63) is 59.2 Å². The van der Waals surface area contributed by atoms with E-state index in [-0.39, 0.29) is 5.91 Å². The van der Waals surface area contributed by atoms with E-state index in [2.05, 4.69) is 60.6 Å². The van der Waals surface area contributed by atoms with E-state index in [9.17, 15) is 4.79 Å². The Morgan fingerprint density at radius 3 is 2.61 bits per heavy atom. The zero-order chi connectivity index (χ0) is 20.1. The summed E-state index contributed by atoms with van der Waals surface area (Å²) < 4.78 is 0. The maximum absolute atomic E-state index is 12.6. The number of carbonyl (C=O) groups excluding carboxylic acids is 1. The number of nitrogens with one attached hydrogen (secondary N) is 2. The molecule has 0 unspecified atom stereocenters. The molecule has 0 saturated heterocycles. The first-order valence-electron chi connectivity index (χ1n) is 9.92. The van der Waals surface area contributed by atoms with Crippen LogP contribution < -0.4 is 10.6 Å². The van der Waals surface area contributed by atoms with Crippen LogP contribution in [0.15, 0.2) is 52.3 Å². The second-order valence-electron chi connectivity index (χ2n) is 6.92. The molecule has 1 aliphatic heterocycles. The minimum absolute atomic E-state index is 0.0265. The molecule has 28 heavy (non-hydrogen) atoms. The highest BCUT2D eigenvalue weighted by Crippen LogP contribution is 2.42. The van der Waals surface area contributed by atoms with Crippen molar-refractivity contribution >= 4 is 29.1 Å². The third-order valence-corrected chi connectivity index (χ3v) is 6.20. The standard InChI is InChI=1S/C23H29N3OS/c1-5-19-18-14-16(4)8-10-21(18)28-22-11-9-17(15-20(22)25-19)23(27)24-12-13-26(6-2)7-3/h5,8-11,14-15,25H,6-7,12-13H2,1-4H3,(H,24,27). The van der Waals surface area contributed by atoms with Crippen LogP contribution >= 0.6 is 11.8 Å². The number of amides is 1. The number of fused-ring (bicyclic) bond motifs is 2. The van der Waals surface area contributed by atoms with Crippen LogP contribution in [-0.2, 0) is 0 Å². The quantitative estimate of drug-likeness (QED) is 0.722. The van der Waals surface area contributed by atoms with Gasteiger partial charge in [-0.2, -0.15) is 0 Å². The predicted octanol–water partition coefficient (Wildman–Crippen LogP) is 5.00. The summed E-state index contributed by atoms with van der Waals surface area (Å²) >= 11 is 1.74. The van der Waals surface area contributed by atoms with Crippen LogP contribution in [0, 0.1) is 6.92 Å². The van der Waals surface area contributed by atoms with Gasteiger partial charge in [-0.25, -0.2) is 0 Å². The van der Waals surface area contributed by atoms with Crippen LogP contribution in [0.5, 0.6) is 0 Å². The van der Waals surface area contributed by atoms with Crippen LogP contribution in [0.2, 0.25) is 0 Å². The van der Waals surface area contributed by atoms with Crippen molar-refractivity contribution in [2.75, 3.05) is 31.5 Å². The van der Waals surface area contributed by atoms with Gasteiger partial charge in [-0.15, -0.1) is 0 Å². The van der Waals surface area contributed by atoms with Gasteiger partial charge >= 0.3 is 0 Å². The number of anilines is 1. The maximum Gasteiger partial charge on any atom is 0.251 e. The molecule has 0 spiro atoms. The first-order chi connectivity index (χ1) is 13.5. The normalized spacial score (nSPS) is 14.2. The predicted molar refractivity (Wildman–Crippen MR) is 119 cm³/mol. The number of nitrogens with zero attached hydrogens (tertiary/aromatic N) is 1. The second-order valence-corrected chi connectivity index (χ2v) is 8.01. The molecule has 4 nitrogen and oxygen atoms in total. The molecule has 148 valence electrons. The van der Waals surface area contributed by atoms with Crippen molar-refractivity contribution in [1.29, 1.82) is 0 Å². The van der Waals surface area contributed by atoms with Crippen molar-refractivity contribution in [3.8, 4) is 0 Å². The summed E-state index contributed by atoms with van der Waals surface area (Å²) in [7, 11) is 0. The van der Waals surface area contributed by atoms with Crippen molar-refractivity contribution in [2.24, 2.45) is 0 Å². The molecule has 0 bridgehead atoms. The summed E-state index contributed by atoms with van der Waals surface area (Å²) in [6.45, 7) is 11.9. The number of rotatable bonds is 6. The van der Waals surface area contributed by atoms with Crippen LogP contribution in [0.1, 0.15) is 42.3 Å². The van der Waals surface area contributed by atoms with Gasteiger partial charge in [-0.3, -0.25) is 4.79 Å². The van der Waals surface area contributed by atoms with Crippen LogP contribution in [0.25, 0.3) is 5.70 Å². The summed E-state index contributed by atoms with van der Waals surface area (Å²) in [5.74, 6) is -0.0265. The molecule has 2 aromatic rings. The van der Waals surface area contributed by atoms with E-state index in [0.717, 1.165) is 35.9 Å². The Morgan fingerprint density at radius 2 is 1.89 bits per heavy atom. The zero-order valence-electron chi connectivity index (χ0n) is 17.1.